The number of rotatable bonds is 3. The monoisotopic (exact) mass is 391 g/mol. The van der Waals surface area contributed by atoms with Crippen molar-refractivity contribution < 1.29 is 18.0 Å². The Balaban J connectivity index is 1.58. The van der Waals surface area contributed by atoms with Gasteiger partial charge in [-0.2, -0.15) is 5.10 Å². The van der Waals surface area contributed by atoms with Gasteiger partial charge in [0.1, 0.15) is 5.69 Å². The molecule has 3 amide bonds. The van der Waals surface area contributed by atoms with Crippen molar-refractivity contribution in [2.75, 3.05) is 26.2 Å². The number of H-pyrrole nitrogens is 1. The first-order chi connectivity index (χ1) is 12.8. The van der Waals surface area contributed by atoms with Crippen LogP contribution in [0.1, 0.15) is 21.7 Å². The Morgan fingerprint density at radius 1 is 1.04 bits per heavy atom. The molecule has 0 radical (unpaired) electrons. The maximum atomic E-state index is 12.4. The third-order valence-corrected chi connectivity index (χ3v) is 5.67. The van der Waals surface area contributed by atoms with Crippen molar-refractivity contribution in [3.63, 3.8) is 0 Å². The van der Waals surface area contributed by atoms with Gasteiger partial charge >= 0.3 is 6.03 Å². The second-order valence-corrected chi connectivity index (χ2v) is 8.12. The normalized spacial score (nSPS) is 14.9. The van der Waals surface area contributed by atoms with E-state index in [4.69, 9.17) is 0 Å². The van der Waals surface area contributed by atoms with Crippen LogP contribution >= 0.6 is 0 Å². The van der Waals surface area contributed by atoms with Gasteiger partial charge < -0.3 is 9.80 Å². The topological polar surface area (TPSA) is 115 Å². The number of hydrogen-bond acceptors (Lipinski definition) is 5. The van der Waals surface area contributed by atoms with E-state index in [9.17, 15) is 18.0 Å². The fourth-order valence-corrected chi connectivity index (χ4v) is 3.73. The largest absolute Gasteiger partial charge is 0.334 e. The van der Waals surface area contributed by atoms with Gasteiger partial charge in [0.2, 0.25) is 0 Å². The Kier molecular flexibility index (Phi) is 5.17. The standard InChI is InChI=1S/C17H21N5O4S/c1-12-3-5-14(6-4-12)27(25,26)20-17(24)22-9-7-21(8-10-22)16(23)15-11-13(2)18-19-15/h3-6,11H,7-10H2,1-2H3,(H,18,19)(H,20,24). The number of benzene rings is 1. The minimum absolute atomic E-state index is 0.0316. The summed E-state index contributed by atoms with van der Waals surface area (Å²) in [6.45, 7) is 4.75. The lowest BCUT2D eigenvalue weighted by molar-refractivity contribution is 0.0662. The molecule has 0 saturated carbocycles. The average Bonchev–Trinajstić information content (AvgIpc) is 3.07. The van der Waals surface area contributed by atoms with Gasteiger partial charge in [0.25, 0.3) is 15.9 Å². The molecule has 1 aliphatic rings. The molecule has 0 atom stereocenters. The fourth-order valence-electron chi connectivity index (χ4n) is 2.76. The maximum Gasteiger partial charge on any atom is 0.331 e. The second-order valence-electron chi connectivity index (χ2n) is 6.44. The first-order valence-corrected chi connectivity index (χ1v) is 9.94. The van der Waals surface area contributed by atoms with Gasteiger partial charge in [-0.05, 0) is 32.0 Å². The second kappa shape index (κ2) is 7.39. The van der Waals surface area contributed by atoms with E-state index in [1.54, 1.807) is 30.0 Å². The minimum Gasteiger partial charge on any atom is -0.334 e. The molecule has 1 saturated heterocycles. The van der Waals surface area contributed by atoms with Crippen LogP contribution in [0.3, 0.4) is 0 Å². The van der Waals surface area contributed by atoms with E-state index in [1.165, 1.54) is 17.0 Å². The van der Waals surface area contributed by atoms with Crippen LogP contribution in [0.4, 0.5) is 4.79 Å². The van der Waals surface area contributed by atoms with Crippen molar-refractivity contribution >= 4 is 22.0 Å². The van der Waals surface area contributed by atoms with Gasteiger partial charge in [0.05, 0.1) is 4.90 Å². The number of amides is 3. The van der Waals surface area contributed by atoms with Gasteiger partial charge in [-0.3, -0.25) is 9.89 Å². The molecule has 2 N–H and O–H groups in total. The highest BCUT2D eigenvalue weighted by molar-refractivity contribution is 7.90. The number of sulfonamides is 1. The highest BCUT2D eigenvalue weighted by atomic mass is 32.2. The van der Waals surface area contributed by atoms with Crippen molar-refractivity contribution in [3.05, 3.63) is 47.3 Å². The van der Waals surface area contributed by atoms with Gasteiger partial charge in [0, 0.05) is 31.9 Å². The zero-order chi connectivity index (χ0) is 19.6. The summed E-state index contributed by atoms with van der Waals surface area (Å²) in [4.78, 5) is 27.7. The lowest BCUT2D eigenvalue weighted by Crippen LogP contribution is -2.54. The first kappa shape index (κ1) is 18.9. The van der Waals surface area contributed by atoms with Crippen LogP contribution in [0.15, 0.2) is 35.2 Å². The molecule has 144 valence electrons. The Morgan fingerprint density at radius 2 is 1.63 bits per heavy atom. The van der Waals surface area contributed by atoms with Gasteiger partial charge in [-0.1, -0.05) is 17.7 Å². The number of nitrogens with one attached hydrogen (secondary N) is 2. The zero-order valence-corrected chi connectivity index (χ0v) is 15.9. The van der Waals surface area contributed by atoms with Crippen molar-refractivity contribution in [2.45, 2.75) is 18.7 Å². The molecule has 0 unspecified atom stereocenters. The molecule has 0 bridgehead atoms. The number of piperazine rings is 1. The number of aryl methyl sites for hydroxylation is 2. The molecule has 3 rings (SSSR count). The zero-order valence-electron chi connectivity index (χ0n) is 15.1. The fraction of sp³-hybridized carbons (Fsp3) is 0.353. The molecule has 1 aromatic heterocycles. The van der Waals surface area contributed by atoms with Gasteiger partial charge in [-0.25, -0.2) is 17.9 Å². The molecule has 9 nitrogen and oxygen atoms in total. The summed E-state index contributed by atoms with van der Waals surface area (Å²) in [6.07, 6.45) is 0. The number of carbonyl (C=O) groups excluding carboxylic acids is 2. The van der Waals surface area contributed by atoms with Crippen molar-refractivity contribution in [2.24, 2.45) is 0 Å². The molecule has 10 heteroatoms. The van der Waals surface area contributed by atoms with Crippen LogP contribution < -0.4 is 4.72 Å². The molecule has 0 spiro atoms. The third kappa shape index (κ3) is 4.27. The molecule has 2 heterocycles. The highest BCUT2D eigenvalue weighted by Gasteiger charge is 2.28. The summed E-state index contributed by atoms with van der Waals surface area (Å²) in [5, 5.41) is 6.67. The summed E-state index contributed by atoms with van der Waals surface area (Å²) in [7, 11) is -3.93. The number of aromatic amines is 1. The number of aromatic nitrogens is 2. The van der Waals surface area contributed by atoms with E-state index in [0.717, 1.165) is 11.3 Å². The molecule has 0 aliphatic carbocycles. The number of urea groups is 1. The Bertz CT molecular complexity index is 944. The van der Waals surface area contributed by atoms with E-state index in [2.05, 4.69) is 14.9 Å². The number of carbonyl (C=O) groups is 2. The Labute approximate surface area is 157 Å². The SMILES string of the molecule is Cc1ccc(S(=O)(=O)NC(=O)N2CCN(C(=O)c3cc(C)[nH]n3)CC2)cc1. The van der Waals surface area contributed by atoms with Crippen LogP contribution in [-0.4, -0.2) is 66.5 Å². The molecule has 2 aromatic rings. The molecule has 27 heavy (non-hydrogen) atoms. The lowest BCUT2D eigenvalue weighted by Gasteiger charge is -2.34. The summed E-state index contributed by atoms with van der Waals surface area (Å²) in [5.41, 5.74) is 2.04. The highest BCUT2D eigenvalue weighted by Crippen LogP contribution is 2.12. The molecular weight excluding hydrogens is 370 g/mol. The van der Waals surface area contributed by atoms with Crippen LogP contribution in [-0.2, 0) is 10.0 Å². The van der Waals surface area contributed by atoms with Crippen LogP contribution in [0.25, 0.3) is 0 Å². The third-order valence-electron chi connectivity index (χ3n) is 4.33. The average molecular weight is 391 g/mol. The van der Waals surface area contributed by atoms with Gasteiger partial charge in [-0.15, -0.1) is 0 Å². The van der Waals surface area contributed by atoms with Crippen LogP contribution in [0.2, 0.25) is 0 Å². The van der Waals surface area contributed by atoms with Crippen molar-refractivity contribution in [1.29, 1.82) is 0 Å². The van der Waals surface area contributed by atoms with E-state index in [0.29, 0.717) is 18.8 Å². The van der Waals surface area contributed by atoms with E-state index in [-0.39, 0.29) is 23.9 Å². The maximum absolute atomic E-state index is 12.4. The predicted molar refractivity (Wildman–Crippen MR) is 97.7 cm³/mol. The van der Waals surface area contributed by atoms with Crippen LogP contribution in [0.5, 0.6) is 0 Å². The summed E-state index contributed by atoms with van der Waals surface area (Å²) in [5.74, 6) is -0.216. The van der Waals surface area contributed by atoms with Crippen molar-refractivity contribution in [1.82, 2.24) is 24.7 Å². The van der Waals surface area contributed by atoms with E-state index in [1.807, 2.05) is 6.92 Å². The Hall–Kier alpha value is -2.88. The van der Waals surface area contributed by atoms with E-state index < -0.39 is 16.1 Å². The molecular formula is C17H21N5O4S. The number of hydrogen-bond donors (Lipinski definition) is 2. The smallest absolute Gasteiger partial charge is 0.331 e. The number of nitrogens with zero attached hydrogens (tertiary/aromatic N) is 3. The summed E-state index contributed by atoms with van der Waals surface area (Å²) < 4.78 is 26.7. The Morgan fingerprint density at radius 3 is 2.19 bits per heavy atom. The molecule has 1 aromatic carbocycles. The summed E-state index contributed by atoms with van der Waals surface area (Å²) in [6, 6.07) is 7.20. The minimum atomic E-state index is -3.93. The summed E-state index contributed by atoms with van der Waals surface area (Å²) >= 11 is 0. The van der Waals surface area contributed by atoms with E-state index >= 15 is 0 Å². The quantitative estimate of drug-likeness (QED) is 0.806. The molecule has 1 aliphatic heterocycles. The lowest BCUT2D eigenvalue weighted by atomic mass is 10.2. The van der Waals surface area contributed by atoms with Crippen LogP contribution in [0, 0.1) is 13.8 Å². The predicted octanol–water partition coefficient (Wildman–Crippen LogP) is 0.883. The first-order valence-electron chi connectivity index (χ1n) is 8.46. The van der Waals surface area contributed by atoms with Gasteiger partial charge in [0.15, 0.2) is 0 Å². The molecule has 1 fully saturated rings. The van der Waals surface area contributed by atoms with Crippen molar-refractivity contribution in [3.8, 4) is 0 Å².